The Morgan fingerprint density at radius 1 is 1.00 bits per heavy atom. The maximum absolute atomic E-state index is 13.5. The first-order valence-corrected chi connectivity index (χ1v) is 9.70. The molecule has 0 aliphatic carbocycles. The number of aromatic nitrogens is 3. The summed E-state index contributed by atoms with van der Waals surface area (Å²) in [6.07, 6.45) is -8.31. The van der Waals surface area contributed by atoms with Crippen LogP contribution in [0, 0.1) is 0 Å². The van der Waals surface area contributed by atoms with Crippen LogP contribution in [0.15, 0.2) is 53.6 Å². The Bertz CT molecular complexity index is 1210. The lowest BCUT2D eigenvalue weighted by Gasteiger charge is -2.15. The average molecular weight is 489 g/mol. The van der Waals surface area contributed by atoms with Gasteiger partial charge in [-0.15, -0.1) is 0 Å². The number of ether oxygens (including phenoxy) is 2. The van der Waals surface area contributed by atoms with E-state index in [1.807, 2.05) is 0 Å². The van der Waals surface area contributed by atoms with E-state index in [-0.39, 0.29) is 24.4 Å². The fourth-order valence-electron chi connectivity index (χ4n) is 2.97. The summed E-state index contributed by atoms with van der Waals surface area (Å²) in [5, 5.41) is 3.82. The summed E-state index contributed by atoms with van der Waals surface area (Å²) in [4.78, 5) is 24.0. The molecule has 0 aliphatic rings. The van der Waals surface area contributed by atoms with Crippen LogP contribution in [0.4, 0.5) is 26.3 Å². The van der Waals surface area contributed by atoms with Crippen LogP contribution in [0.25, 0.3) is 5.69 Å². The van der Waals surface area contributed by atoms with Crippen molar-refractivity contribution in [3.63, 3.8) is 0 Å². The minimum absolute atomic E-state index is 0.0428. The molecule has 0 saturated heterocycles. The lowest BCUT2D eigenvalue weighted by atomic mass is 10.1. The maximum Gasteiger partial charge on any atom is 0.419 e. The summed E-state index contributed by atoms with van der Waals surface area (Å²) in [5.74, 6) is -1.42. The zero-order valence-corrected chi connectivity index (χ0v) is 17.5. The first-order valence-electron chi connectivity index (χ1n) is 9.70. The third-order valence-corrected chi connectivity index (χ3v) is 4.54. The largest absolute Gasteiger partial charge is 0.481 e. The molecule has 0 atom stereocenters. The summed E-state index contributed by atoms with van der Waals surface area (Å²) in [7, 11) is 0. The van der Waals surface area contributed by atoms with Gasteiger partial charge < -0.3 is 9.47 Å². The van der Waals surface area contributed by atoms with Crippen molar-refractivity contribution in [2.75, 3.05) is 13.2 Å². The van der Waals surface area contributed by atoms with Crippen LogP contribution >= 0.6 is 0 Å². The lowest BCUT2D eigenvalue weighted by Crippen LogP contribution is -2.24. The van der Waals surface area contributed by atoms with Crippen molar-refractivity contribution in [2.24, 2.45) is 0 Å². The molecule has 13 heteroatoms. The second-order valence-electron chi connectivity index (χ2n) is 6.91. The fraction of sp³-hybridized carbons (Fsp3) is 0.286. The monoisotopic (exact) mass is 489 g/mol. The van der Waals surface area contributed by atoms with Crippen LogP contribution in [-0.2, 0) is 28.4 Å². The van der Waals surface area contributed by atoms with Crippen LogP contribution in [0.1, 0.15) is 23.6 Å². The van der Waals surface area contributed by atoms with Gasteiger partial charge in [0.05, 0.1) is 30.0 Å². The summed E-state index contributed by atoms with van der Waals surface area (Å²) in [5.41, 5.74) is -2.68. The molecule has 1 heterocycles. The zero-order valence-electron chi connectivity index (χ0n) is 17.5. The van der Waals surface area contributed by atoms with E-state index >= 15 is 0 Å². The standard InChI is InChI=1S/C21H17F6N3O4/c1-2-33-18(31)11-34-17-8-3-13(9-16(17)21(25,26)27)10-30-19(32)29(12-28-30)15-6-4-14(5-7-15)20(22,23)24/h3-9,12H,2,10-11H2,1H3. The molecule has 1 aromatic heterocycles. The number of rotatable bonds is 7. The van der Waals surface area contributed by atoms with E-state index in [2.05, 4.69) is 9.84 Å². The smallest absolute Gasteiger partial charge is 0.419 e. The molecule has 182 valence electrons. The molecular weight excluding hydrogens is 472 g/mol. The van der Waals surface area contributed by atoms with E-state index in [0.717, 1.165) is 52.0 Å². The number of esters is 1. The first kappa shape index (κ1) is 24.9. The molecule has 7 nitrogen and oxygen atoms in total. The van der Waals surface area contributed by atoms with Gasteiger partial charge in [-0.05, 0) is 48.9 Å². The lowest BCUT2D eigenvalue weighted by molar-refractivity contribution is -0.147. The molecule has 0 N–H and O–H groups in total. The van der Waals surface area contributed by atoms with E-state index in [1.165, 1.54) is 13.0 Å². The highest BCUT2D eigenvalue weighted by atomic mass is 19.4. The summed E-state index contributed by atoms with van der Waals surface area (Å²) < 4.78 is 90.0. The van der Waals surface area contributed by atoms with Crippen molar-refractivity contribution in [3.8, 4) is 11.4 Å². The zero-order chi connectivity index (χ0) is 25.1. The van der Waals surface area contributed by atoms with E-state index in [9.17, 15) is 35.9 Å². The van der Waals surface area contributed by atoms with Crippen molar-refractivity contribution >= 4 is 5.97 Å². The molecule has 0 aliphatic heterocycles. The number of halogens is 6. The van der Waals surface area contributed by atoms with Crippen LogP contribution in [-0.4, -0.2) is 33.5 Å². The van der Waals surface area contributed by atoms with Crippen LogP contribution in [0.3, 0.4) is 0 Å². The van der Waals surface area contributed by atoms with Gasteiger partial charge in [-0.25, -0.2) is 18.8 Å². The van der Waals surface area contributed by atoms with Gasteiger partial charge in [-0.1, -0.05) is 6.07 Å². The van der Waals surface area contributed by atoms with Gasteiger partial charge in [0.25, 0.3) is 0 Å². The molecular formula is C21H17F6N3O4. The topological polar surface area (TPSA) is 75.3 Å². The number of hydrogen-bond donors (Lipinski definition) is 0. The predicted molar refractivity (Wildman–Crippen MR) is 106 cm³/mol. The third kappa shape index (κ3) is 5.77. The molecule has 0 unspecified atom stereocenters. The summed E-state index contributed by atoms with van der Waals surface area (Å²) in [6.45, 7) is 0.511. The molecule has 0 amide bonds. The van der Waals surface area contributed by atoms with Crippen molar-refractivity contribution < 1.29 is 40.6 Å². The van der Waals surface area contributed by atoms with Gasteiger partial charge in [0.15, 0.2) is 6.61 Å². The number of benzene rings is 2. The fourth-order valence-corrected chi connectivity index (χ4v) is 2.97. The molecule has 3 rings (SSSR count). The maximum atomic E-state index is 13.5. The van der Waals surface area contributed by atoms with E-state index in [4.69, 9.17) is 4.74 Å². The van der Waals surface area contributed by atoms with Gasteiger partial charge in [-0.3, -0.25) is 0 Å². The van der Waals surface area contributed by atoms with Crippen LogP contribution in [0.5, 0.6) is 5.75 Å². The SMILES string of the molecule is CCOC(=O)COc1ccc(Cn2ncn(-c3ccc(C(F)(F)F)cc3)c2=O)cc1C(F)(F)F. The summed E-state index contributed by atoms with van der Waals surface area (Å²) >= 11 is 0. The number of hydrogen-bond acceptors (Lipinski definition) is 5. The second kappa shape index (κ2) is 9.61. The number of nitrogens with zero attached hydrogens (tertiary/aromatic N) is 3. The van der Waals surface area contributed by atoms with Gasteiger partial charge in [0.1, 0.15) is 12.1 Å². The molecule has 0 saturated carbocycles. The van der Waals surface area contributed by atoms with E-state index in [1.54, 1.807) is 0 Å². The van der Waals surface area contributed by atoms with Gasteiger partial charge in [0, 0.05) is 0 Å². The number of carbonyl (C=O) groups excluding carboxylic acids is 1. The van der Waals surface area contributed by atoms with Crippen molar-refractivity contribution in [2.45, 2.75) is 25.8 Å². The van der Waals surface area contributed by atoms with Crippen LogP contribution in [0.2, 0.25) is 0 Å². The van der Waals surface area contributed by atoms with Crippen molar-refractivity contribution in [3.05, 3.63) is 76.0 Å². The molecule has 0 radical (unpaired) electrons. The highest BCUT2D eigenvalue weighted by Crippen LogP contribution is 2.37. The number of carbonyl (C=O) groups is 1. The highest BCUT2D eigenvalue weighted by Gasteiger charge is 2.35. The minimum Gasteiger partial charge on any atom is -0.481 e. The average Bonchev–Trinajstić information content (AvgIpc) is 3.12. The van der Waals surface area contributed by atoms with Gasteiger partial charge in [0.2, 0.25) is 0 Å². The number of alkyl halides is 6. The second-order valence-corrected chi connectivity index (χ2v) is 6.91. The Balaban J connectivity index is 1.84. The molecule has 0 fully saturated rings. The molecule has 0 spiro atoms. The van der Waals surface area contributed by atoms with Crippen molar-refractivity contribution in [1.29, 1.82) is 0 Å². The van der Waals surface area contributed by atoms with Crippen LogP contribution < -0.4 is 10.4 Å². The molecule has 34 heavy (non-hydrogen) atoms. The van der Waals surface area contributed by atoms with Gasteiger partial charge >= 0.3 is 24.0 Å². The summed E-state index contributed by atoms with van der Waals surface area (Å²) in [6, 6.07) is 6.77. The molecule has 3 aromatic rings. The third-order valence-electron chi connectivity index (χ3n) is 4.54. The Hall–Kier alpha value is -3.77. The minimum atomic E-state index is -4.81. The normalized spacial score (nSPS) is 12.0. The predicted octanol–water partition coefficient (Wildman–Crippen LogP) is 4.06. The van der Waals surface area contributed by atoms with E-state index < -0.39 is 47.5 Å². The first-order chi connectivity index (χ1) is 15.9. The quantitative estimate of drug-likeness (QED) is 0.370. The Kier molecular flexibility index (Phi) is 7.03. The highest BCUT2D eigenvalue weighted by molar-refractivity contribution is 5.71. The van der Waals surface area contributed by atoms with Gasteiger partial charge in [-0.2, -0.15) is 31.4 Å². The molecule has 2 aromatic carbocycles. The van der Waals surface area contributed by atoms with Crippen molar-refractivity contribution in [1.82, 2.24) is 14.3 Å². The molecule has 0 bridgehead atoms. The Labute approximate surface area is 188 Å². The Morgan fingerprint density at radius 3 is 2.26 bits per heavy atom. The van der Waals surface area contributed by atoms with E-state index in [0.29, 0.717) is 0 Å². The Morgan fingerprint density at radius 2 is 1.68 bits per heavy atom.